The van der Waals surface area contributed by atoms with Gasteiger partial charge in [-0.1, -0.05) is 30.3 Å². The molecule has 2 aromatic carbocycles. The number of fused-ring (bicyclic) bond motifs is 1. The van der Waals surface area contributed by atoms with Crippen molar-refractivity contribution < 1.29 is 18.7 Å². The van der Waals surface area contributed by atoms with Gasteiger partial charge in [-0.05, 0) is 41.8 Å². The van der Waals surface area contributed by atoms with Crippen molar-refractivity contribution in [2.75, 3.05) is 6.61 Å². The minimum Gasteiger partial charge on any atom is -0.449 e. The van der Waals surface area contributed by atoms with Crippen LogP contribution < -0.4 is 0 Å². The summed E-state index contributed by atoms with van der Waals surface area (Å²) >= 11 is 0. The topological polar surface area (TPSA) is 46.6 Å². The largest absolute Gasteiger partial charge is 0.449 e. The second-order valence-electron chi connectivity index (χ2n) is 5.34. The molecule has 1 unspecified atom stereocenters. The fourth-order valence-electron chi connectivity index (χ4n) is 2.88. The normalized spacial score (nSPS) is 15.8. The maximum absolute atomic E-state index is 13.3. The molecule has 1 atom stereocenters. The van der Waals surface area contributed by atoms with E-state index in [9.17, 15) is 14.0 Å². The quantitative estimate of drug-likeness (QED) is 0.796. The first kappa shape index (κ1) is 15.9. The second-order valence-corrected chi connectivity index (χ2v) is 5.34. The zero-order valence-electron chi connectivity index (χ0n) is 13.1. The molecule has 0 spiro atoms. The first-order valence-corrected chi connectivity index (χ1v) is 7.62. The molecule has 0 N–H and O–H groups in total. The maximum Gasteiger partial charge on any atom is 0.414 e. The van der Waals surface area contributed by atoms with Crippen molar-refractivity contribution in [3.05, 3.63) is 76.7 Å². The minimum absolute atomic E-state index is 0.251. The predicted octanol–water partition coefficient (Wildman–Crippen LogP) is 4.17. The monoisotopic (exact) mass is 325 g/mol. The van der Waals surface area contributed by atoms with Gasteiger partial charge >= 0.3 is 6.09 Å². The molecule has 4 nitrogen and oxygen atoms in total. The summed E-state index contributed by atoms with van der Waals surface area (Å²) < 4.78 is 18.4. The number of halogens is 1. The summed E-state index contributed by atoms with van der Waals surface area (Å²) in [5.41, 5.74) is 2.82. The predicted molar refractivity (Wildman–Crippen MR) is 88.0 cm³/mol. The summed E-state index contributed by atoms with van der Waals surface area (Å²) in [5.74, 6) is -0.352. The zero-order valence-corrected chi connectivity index (χ0v) is 13.1. The molecule has 0 saturated carbocycles. The summed E-state index contributed by atoms with van der Waals surface area (Å²) in [6.45, 7) is 1.98. The summed E-state index contributed by atoms with van der Waals surface area (Å²) in [4.78, 5) is 25.1. The highest BCUT2D eigenvalue weighted by atomic mass is 19.1. The van der Waals surface area contributed by atoms with Crippen molar-refractivity contribution in [3.8, 4) is 0 Å². The van der Waals surface area contributed by atoms with Gasteiger partial charge in [-0.2, -0.15) is 0 Å². The van der Waals surface area contributed by atoms with Gasteiger partial charge in [-0.3, -0.25) is 9.69 Å². The summed E-state index contributed by atoms with van der Waals surface area (Å²) in [7, 11) is 0. The number of nitrogens with zero attached hydrogens (tertiary/aromatic N) is 1. The molecule has 5 heteroatoms. The van der Waals surface area contributed by atoms with E-state index in [1.54, 1.807) is 43.5 Å². The van der Waals surface area contributed by atoms with Gasteiger partial charge in [0.05, 0.1) is 12.6 Å². The van der Waals surface area contributed by atoms with Gasteiger partial charge in [0.1, 0.15) is 5.82 Å². The Balaban J connectivity index is 2.14. The lowest BCUT2D eigenvalue weighted by molar-refractivity contribution is 0.112. The Morgan fingerprint density at radius 1 is 1.25 bits per heavy atom. The SMILES string of the molecule is CCOC(=O)N1C=Cc2c(C=O)cccc2C1c1ccc(F)cc1. The molecule has 122 valence electrons. The van der Waals surface area contributed by atoms with E-state index in [4.69, 9.17) is 4.74 Å². The third kappa shape index (κ3) is 2.80. The molecule has 1 aliphatic rings. The molecule has 24 heavy (non-hydrogen) atoms. The molecule has 0 bridgehead atoms. The van der Waals surface area contributed by atoms with Crippen molar-refractivity contribution in [2.45, 2.75) is 13.0 Å². The molecule has 2 aromatic rings. The number of hydrogen-bond donors (Lipinski definition) is 0. The lowest BCUT2D eigenvalue weighted by Crippen LogP contribution is -2.34. The van der Waals surface area contributed by atoms with E-state index >= 15 is 0 Å². The van der Waals surface area contributed by atoms with E-state index in [0.717, 1.165) is 23.0 Å². The minimum atomic E-state index is -0.495. The third-order valence-electron chi connectivity index (χ3n) is 3.94. The van der Waals surface area contributed by atoms with Crippen LogP contribution in [0, 0.1) is 5.82 Å². The Morgan fingerprint density at radius 3 is 2.67 bits per heavy atom. The molecule has 1 aliphatic heterocycles. The van der Waals surface area contributed by atoms with Crippen LogP contribution in [0.25, 0.3) is 6.08 Å². The molecule has 3 rings (SSSR count). The molecule has 0 radical (unpaired) electrons. The van der Waals surface area contributed by atoms with Gasteiger partial charge in [0.2, 0.25) is 0 Å². The Kier molecular flexibility index (Phi) is 4.42. The van der Waals surface area contributed by atoms with Gasteiger partial charge in [-0.25, -0.2) is 9.18 Å². The summed E-state index contributed by atoms with van der Waals surface area (Å²) in [6.07, 6.45) is 3.60. The smallest absolute Gasteiger partial charge is 0.414 e. The zero-order chi connectivity index (χ0) is 17.1. The fraction of sp³-hybridized carbons (Fsp3) is 0.158. The van der Waals surface area contributed by atoms with Gasteiger partial charge in [0.25, 0.3) is 0 Å². The van der Waals surface area contributed by atoms with E-state index in [1.807, 2.05) is 6.07 Å². The maximum atomic E-state index is 13.3. The van der Waals surface area contributed by atoms with Gasteiger partial charge < -0.3 is 4.74 Å². The highest BCUT2D eigenvalue weighted by Crippen LogP contribution is 2.37. The van der Waals surface area contributed by atoms with Crippen LogP contribution in [0.4, 0.5) is 9.18 Å². The van der Waals surface area contributed by atoms with Crippen molar-refractivity contribution in [1.82, 2.24) is 4.90 Å². The van der Waals surface area contributed by atoms with Gasteiger partial charge in [-0.15, -0.1) is 0 Å². The molecule has 0 saturated heterocycles. The third-order valence-corrected chi connectivity index (χ3v) is 3.94. The van der Waals surface area contributed by atoms with E-state index in [0.29, 0.717) is 5.56 Å². The van der Waals surface area contributed by atoms with Crippen LogP contribution in [0.5, 0.6) is 0 Å². The van der Waals surface area contributed by atoms with Crippen molar-refractivity contribution in [2.24, 2.45) is 0 Å². The molecule has 1 heterocycles. The molecule has 1 amide bonds. The van der Waals surface area contributed by atoms with Crippen molar-refractivity contribution in [3.63, 3.8) is 0 Å². The fourth-order valence-corrected chi connectivity index (χ4v) is 2.88. The van der Waals surface area contributed by atoms with Crippen molar-refractivity contribution >= 4 is 18.5 Å². The first-order chi connectivity index (χ1) is 11.7. The van der Waals surface area contributed by atoms with Crippen molar-refractivity contribution in [1.29, 1.82) is 0 Å². The van der Waals surface area contributed by atoms with E-state index in [2.05, 4.69) is 0 Å². The molecule has 0 aromatic heterocycles. The molecular formula is C19H16FNO3. The number of aldehydes is 1. The number of amides is 1. The van der Waals surface area contributed by atoms with Crippen LogP contribution in [-0.4, -0.2) is 23.9 Å². The highest BCUT2D eigenvalue weighted by Gasteiger charge is 2.31. The van der Waals surface area contributed by atoms with Crippen LogP contribution in [-0.2, 0) is 4.74 Å². The second kappa shape index (κ2) is 6.66. The van der Waals surface area contributed by atoms with Crippen LogP contribution in [0.3, 0.4) is 0 Å². The average Bonchev–Trinajstić information content (AvgIpc) is 2.61. The van der Waals surface area contributed by atoms with Gasteiger partial charge in [0, 0.05) is 11.8 Å². The number of benzene rings is 2. The number of ether oxygens (including phenoxy) is 1. The van der Waals surface area contributed by atoms with Crippen LogP contribution >= 0.6 is 0 Å². The number of carbonyl (C=O) groups is 2. The van der Waals surface area contributed by atoms with E-state index in [1.165, 1.54) is 17.0 Å². The van der Waals surface area contributed by atoms with Crippen LogP contribution in [0.2, 0.25) is 0 Å². The molecule has 0 fully saturated rings. The Labute approximate surface area is 139 Å². The standard InChI is InChI=1S/C19H16FNO3/c1-2-24-19(23)21-11-10-16-14(12-22)4-3-5-17(16)18(21)13-6-8-15(20)9-7-13/h3-12,18H,2H2,1H3. The Morgan fingerprint density at radius 2 is 2.00 bits per heavy atom. The Hall–Kier alpha value is -2.95. The molecular weight excluding hydrogens is 309 g/mol. The Bertz CT molecular complexity index is 799. The summed E-state index contributed by atoms with van der Waals surface area (Å²) in [6, 6.07) is 10.8. The number of carbonyl (C=O) groups excluding carboxylic acids is 2. The van der Waals surface area contributed by atoms with E-state index < -0.39 is 12.1 Å². The molecule has 0 aliphatic carbocycles. The van der Waals surface area contributed by atoms with E-state index in [-0.39, 0.29) is 12.4 Å². The first-order valence-electron chi connectivity index (χ1n) is 7.62. The van der Waals surface area contributed by atoms with Gasteiger partial charge in [0.15, 0.2) is 6.29 Å². The van der Waals surface area contributed by atoms with Crippen LogP contribution in [0.1, 0.15) is 40.0 Å². The summed E-state index contributed by atoms with van der Waals surface area (Å²) in [5, 5.41) is 0. The number of rotatable bonds is 3. The lowest BCUT2D eigenvalue weighted by atomic mass is 9.89. The average molecular weight is 325 g/mol. The highest BCUT2D eigenvalue weighted by molar-refractivity contribution is 5.85. The van der Waals surface area contributed by atoms with Crippen LogP contribution in [0.15, 0.2) is 48.7 Å². The number of hydrogen-bond acceptors (Lipinski definition) is 3. The lowest BCUT2D eigenvalue weighted by Gasteiger charge is -2.33.